The predicted octanol–water partition coefficient (Wildman–Crippen LogP) is 4.98. The number of fused-ring (bicyclic) bond motifs is 1. The number of benzene rings is 2. The van der Waals surface area contributed by atoms with Crippen LogP contribution in [-0.4, -0.2) is 45.3 Å². The number of carbonyl (C=O) groups is 1. The topological polar surface area (TPSA) is 65.8 Å². The summed E-state index contributed by atoms with van der Waals surface area (Å²) >= 11 is 6.23. The number of aromatic nitrogens is 1. The molecule has 1 atom stereocenters. The molecule has 0 saturated carbocycles. The Bertz CT molecular complexity index is 1200. The Hall–Kier alpha value is -3.04. The Kier molecular flexibility index (Phi) is 5.40. The quantitative estimate of drug-likeness (QED) is 0.569. The predicted molar refractivity (Wildman–Crippen MR) is 107 cm³/mol. The molecule has 0 unspecified atom stereocenters. The third-order valence-corrected chi connectivity index (χ3v) is 5.26. The van der Waals surface area contributed by atoms with Crippen LogP contribution in [0.1, 0.15) is 16.8 Å². The first-order valence-electron chi connectivity index (χ1n) is 9.07. The normalized spacial score (nSPS) is 18.8. The van der Waals surface area contributed by atoms with Crippen LogP contribution in [0.15, 0.2) is 59.7 Å². The van der Waals surface area contributed by atoms with Crippen molar-refractivity contribution < 1.29 is 27.5 Å². The molecule has 1 aliphatic heterocycles. The zero-order chi connectivity index (χ0) is 22.3. The Morgan fingerprint density at radius 2 is 1.77 bits per heavy atom. The van der Waals surface area contributed by atoms with Crippen LogP contribution < -0.4 is 0 Å². The van der Waals surface area contributed by atoms with Crippen molar-refractivity contribution in [2.45, 2.75) is 25.0 Å². The summed E-state index contributed by atoms with van der Waals surface area (Å²) in [5.41, 5.74) is -3.23. The number of nitrogens with zero attached hydrogens (tertiary/aromatic N) is 3. The van der Waals surface area contributed by atoms with Crippen LogP contribution in [0.4, 0.5) is 17.6 Å². The third kappa shape index (κ3) is 3.64. The minimum absolute atomic E-state index is 0.0390. The van der Waals surface area contributed by atoms with E-state index in [1.807, 2.05) is 0 Å². The summed E-state index contributed by atoms with van der Waals surface area (Å²) in [5.74, 6) is -1.16. The number of aliphatic hydroxyl groups is 1. The fourth-order valence-electron chi connectivity index (χ4n) is 3.38. The lowest BCUT2D eigenvalue weighted by molar-refractivity contribution is -0.164. The first-order chi connectivity index (χ1) is 14.7. The Balaban J connectivity index is 1.90. The minimum atomic E-state index is -3.52. The molecular weight excluding hydrogens is 438 g/mol. The number of alkyl halides is 4. The standard InChI is InChI=1S/C21H14ClF4N3O2/c22-14-7-3-1-6-12(14)16-9-13(11-5-2-4-8-15(11)27-16)19(30)29-21(31,20(25)26)10-17(28-29)18(23)24/h1-9,18,20,31H,10H2/t21-/m0/s1. The highest BCUT2D eigenvalue weighted by Crippen LogP contribution is 2.36. The molecule has 0 radical (unpaired) electrons. The molecule has 160 valence electrons. The third-order valence-electron chi connectivity index (χ3n) is 4.93. The molecule has 2 aromatic carbocycles. The SMILES string of the molecule is O=C(c1cc(-c2ccccc2Cl)nc2ccccc12)N1N=C(C(F)F)C[C@]1(O)C(F)F. The molecule has 3 aromatic rings. The van der Waals surface area contributed by atoms with E-state index in [-0.39, 0.29) is 21.7 Å². The van der Waals surface area contributed by atoms with Crippen molar-refractivity contribution in [1.82, 2.24) is 9.99 Å². The van der Waals surface area contributed by atoms with Gasteiger partial charge in [-0.1, -0.05) is 48.0 Å². The van der Waals surface area contributed by atoms with E-state index in [4.69, 9.17) is 11.6 Å². The lowest BCUT2D eigenvalue weighted by Crippen LogP contribution is -2.51. The van der Waals surface area contributed by atoms with Crippen molar-refractivity contribution in [2.24, 2.45) is 5.10 Å². The van der Waals surface area contributed by atoms with Crippen LogP contribution in [0, 0.1) is 0 Å². The molecule has 0 saturated heterocycles. The molecule has 4 rings (SSSR count). The highest BCUT2D eigenvalue weighted by atomic mass is 35.5. The van der Waals surface area contributed by atoms with Crippen LogP contribution in [0.5, 0.6) is 0 Å². The zero-order valence-electron chi connectivity index (χ0n) is 15.6. The van der Waals surface area contributed by atoms with Crippen molar-refractivity contribution in [3.05, 3.63) is 65.2 Å². The maximum atomic E-state index is 13.6. The molecule has 1 amide bonds. The average molecular weight is 452 g/mol. The summed E-state index contributed by atoms with van der Waals surface area (Å²) in [6.07, 6.45) is -7.88. The van der Waals surface area contributed by atoms with Gasteiger partial charge in [-0.25, -0.2) is 22.5 Å². The number of pyridine rings is 1. The largest absolute Gasteiger partial charge is 0.364 e. The summed E-state index contributed by atoms with van der Waals surface area (Å²) in [5, 5.41) is 14.3. The highest BCUT2D eigenvalue weighted by Gasteiger charge is 2.53. The van der Waals surface area contributed by atoms with E-state index in [0.29, 0.717) is 16.1 Å². The van der Waals surface area contributed by atoms with Crippen molar-refractivity contribution in [3.63, 3.8) is 0 Å². The molecule has 5 nitrogen and oxygen atoms in total. The second kappa shape index (κ2) is 7.90. The molecule has 10 heteroatoms. The lowest BCUT2D eigenvalue weighted by atomic mass is 10.0. The van der Waals surface area contributed by atoms with Crippen molar-refractivity contribution >= 4 is 34.1 Å². The van der Waals surface area contributed by atoms with E-state index in [2.05, 4.69) is 10.1 Å². The zero-order valence-corrected chi connectivity index (χ0v) is 16.4. The van der Waals surface area contributed by atoms with E-state index in [1.165, 1.54) is 12.1 Å². The van der Waals surface area contributed by atoms with Gasteiger partial charge in [0.15, 0.2) is 0 Å². The summed E-state index contributed by atoms with van der Waals surface area (Å²) in [4.78, 5) is 17.7. The molecule has 1 aliphatic rings. The van der Waals surface area contributed by atoms with E-state index < -0.39 is 36.6 Å². The number of hydrogen-bond donors (Lipinski definition) is 1. The highest BCUT2D eigenvalue weighted by molar-refractivity contribution is 6.33. The van der Waals surface area contributed by atoms with Gasteiger partial charge in [-0.2, -0.15) is 10.1 Å². The van der Waals surface area contributed by atoms with Crippen LogP contribution in [0.2, 0.25) is 5.02 Å². The van der Waals surface area contributed by atoms with Crippen LogP contribution in [-0.2, 0) is 0 Å². The van der Waals surface area contributed by atoms with Crippen molar-refractivity contribution in [1.29, 1.82) is 0 Å². The van der Waals surface area contributed by atoms with Gasteiger partial charge in [-0.3, -0.25) is 4.79 Å². The molecule has 2 heterocycles. The first-order valence-corrected chi connectivity index (χ1v) is 9.45. The fourth-order valence-corrected chi connectivity index (χ4v) is 3.61. The molecule has 1 aromatic heterocycles. The van der Waals surface area contributed by atoms with Gasteiger partial charge in [-0.05, 0) is 18.2 Å². The minimum Gasteiger partial charge on any atom is -0.364 e. The second-order valence-electron chi connectivity index (χ2n) is 6.92. The van der Waals surface area contributed by atoms with Gasteiger partial charge in [0, 0.05) is 22.4 Å². The molecule has 31 heavy (non-hydrogen) atoms. The van der Waals surface area contributed by atoms with Crippen LogP contribution in [0.3, 0.4) is 0 Å². The van der Waals surface area contributed by atoms with Gasteiger partial charge in [-0.15, -0.1) is 0 Å². The monoisotopic (exact) mass is 451 g/mol. The summed E-state index contributed by atoms with van der Waals surface area (Å²) in [6, 6.07) is 14.4. The number of carbonyl (C=O) groups excluding carboxylic acids is 1. The maximum Gasteiger partial charge on any atom is 0.287 e. The molecule has 0 spiro atoms. The molecule has 1 N–H and O–H groups in total. The Morgan fingerprint density at radius 1 is 1.10 bits per heavy atom. The van der Waals surface area contributed by atoms with Gasteiger partial charge in [0.25, 0.3) is 18.8 Å². The summed E-state index contributed by atoms with van der Waals surface area (Å²) in [7, 11) is 0. The number of rotatable bonds is 4. The lowest BCUT2D eigenvalue weighted by Gasteiger charge is -2.30. The van der Waals surface area contributed by atoms with E-state index in [0.717, 1.165) is 0 Å². The molecular formula is C21H14ClF4N3O2. The molecule has 0 aliphatic carbocycles. The van der Waals surface area contributed by atoms with Crippen molar-refractivity contribution in [2.75, 3.05) is 0 Å². The summed E-state index contributed by atoms with van der Waals surface area (Å²) in [6.45, 7) is 0. The van der Waals surface area contributed by atoms with Crippen LogP contribution >= 0.6 is 11.6 Å². The number of hydrogen-bond acceptors (Lipinski definition) is 4. The number of halogens is 5. The van der Waals surface area contributed by atoms with Gasteiger partial charge in [0.1, 0.15) is 5.71 Å². The van der Waals surface area contributed by atoms with Gasteiger partial charge >= 0.3 is 0 Å². The van der Waals surface area contributed by atoms with E-state index >= 15 is 0 Å². The van der Waals surface area contributed by atoms with Gasteiger partial charge < -0.3 is 5.11 Å². The van der Waals surface area contributed by atoms with E-state index in [1.54, 1.807) is 42.5 Å². The number of para-hydroxylation sites is 1. The summed E-state index contributed by atoms with van der Waals surface area (Å²) < 4.78 is 53.5. The second-order valence-corrected chi connectivity index (χ2v) is 7.32. The number of hydrazone groups is 1. The Labute approximate surface area is 178 Å². The fraction of sp³-hybridized carbons (Fsp3) is 0.190. The van der Waals surface area contributed by atoms with Crippen LogP contribution in [0.25, 0.3) is 22.2 Å². The maximum absolute atomic E-state index is 13.6. The van der Waals surface area contributed by atoms with E-state index in [9.17, 15) is 27.5 Å². The van der Waals surface area contributed by atoms with Gasteiger partial charge in [0.2, 0.25) is 5.72 Å². The first kappa shape index (κ1) is 21.2. The molecule has 0 bridgehead atoms. The van der Waals surface area contributed by atoms with Crippen molar-refractivity contribution in [3.8, 4) is 11.3 Å². The van der Waals surface area contributed by atoms with Gasteiger partial charge in [0.05, 0.1) is 16.8 Å². The smallest absolute Gasteiger partial charge is 0.287 e. The Morgan fingerprint density at radius 3 is 2.45 bits per heavy atom. The number of amides is 1. The molecule has 0 fully saturated rings. The average Bonchev–Trinajstić information content (AvgIpc) is 3.12.